The maximum Gasteiger partial charge on any atom is 0.230 e. The van der Waals surface area contributed by atoms with Gasteiger partial charge in [-0.25, -0.2) is 9.37 Å². The van der Waals surface area contributed by atoms with Gasteiger partial charge >= 0.3 is 0 Å². The molecule has 0 unspecified atom stereocenters. The number of hydrogen-bond donors (Lipinski definition) is 1. The van der Waals surface area contributed by atoms with E-state index >= 15 is 0 Å². The molecule has 0 spiro atoms. The topological polar surface area (TPSA) is 72.7 Å². The Labute approximate surface area is 171 Å². The molecular weight excluding hydrogens is 389 g/mol. The molecule has 1 atom stereocenters. The molecule has 0 saturated heterocycles. The Morgan fingerprint density at radius 3 is 2.72 bits per heavy atom. The third kappa shape index (κ3) is 3.88. The summed E-state index contributed by atoms with van der Waals surface area (Å²) in [5.74, 6) is 0.109. The molecule has 2 heterocycles. The summed E-state index contributed by atoms with van der Waals surface area (Å²) in [6.45, 7) is 4.42. The van der Waals surface area contributed by atoms with Crippen molar-refractivity contribution in [1.29, 1.82) is 0 Å². The molecule has 4 aromatic rings. The van der Waals surface area contributed by atoms with Gasteiger partial charge in [0.25, 0.3) is 0 Å². The lowest BCUT2D eigenvalue weighted by atomic mass is 10.1. The minimum atomic E-state index is -0.367. The van der Waals surface area contributed by atoms with Crippen LogP contribution in [-0.4, -0.2) is 25.7 Å². The highest BCUT2D eigenvalue weighted by atomic mass is 32.1. The Morgan fingerprint density at radius 2 is 1.93 bits per heavy atom. The smallest absolute Gasteiger partial charge is 0.230 e. The molecule has 8 heteroatoms. The summed E-state index contributed by atoms with van der Waals surface area (Å²) >= 11 is 1.15. The Bertz CT molecular complexity index is 1170. The third-order valence-electron chi connectivity index (χ3n) is 4.71. The van der Waals surface area contributed by atoms with Gasteiger partial charge in [-0.2, -0.15) is 0 Å². The molecule has 0 radical (unpaired) electrons. The van der Waals surface area contributed by atoms with Crippen LogP contribution in [0, 0.1) is 11.7 Å². The molecule has 0 aliphatic rings. The Hall–Kier alpha value is -3.13. The lowest BCUT2D eigenvalue weighted by Gasteiger charge is -2.14. The van der Waals surface area contributed by atoms with Crippen molar-refractivity contribution in [1.82, 2.24) is 19.7 Å². The number of rotatable bonds is 6. The van der Waals surface area contributed by atoms with Gasteiger partial charge in [0.2, 0.25) is 11.0 Å². The van der Waals surface area contributed by atoms with Crippen LogP contribution < -0.4 is 5.32 Å². The SMILES string of the molecule is CCc1nc2ccccc2n1C[C@@H](C)C(=O)Nc1nnc(-c2ccccc2F)s1. The molecule has 0 bridgehead atoms. The van der Waals surface area contributed by atoms with E-state index in [2.05, 4.69) is 25.1 Å². The van der Waals surface area contributed by atoms with Gasteiger partial charge in [0.1, 0.15) is 11.6 Å². The number of para-hydroxylation sites is 2. The molecule has 1 amide bonds. The van der Waals surface area contributed by atoms with Gasteiger partial charge in [0.05, 0.1) is 17.0 Å². The molecule has 0 saturated carbocycles. The maximum atomic E-state index is 13.9. The van der Waals surface area contributed by atoms with Crippen LogP contribution >= 0.6 is 11.3 Å². The number of nitrogens with zero attached hydrogens (tertiary/aromatic N) is 4. The Kier molecular flexibility index (Phi) is 5.35. The van der Waals surface area contributed by atoms with E-state index in [1.54, 1.807) is 18.2 Å². The number of carbonyl (C=O) groups excluding carboxylic acids is 1. The normalized spacial score (nSPS) is 12.2. The van der Waals surface area contributed by atoms with Crippen molar-refractivity contribution >= 4 is 33.4 Å². The number of hydrogen-bond acceptors (Lipinski definition) is 5. The van der Waals surface area contributed by atoms with Gasteiger partial charge in [0, 0.05) is 18.5 Å². The minimum Gasteiger partial charge on any atom is -0.327 e. The van der Waals surface area contributed by atoms with Crippen LogP contribution in [0.25, 0.3) is 21.6 Å². The fourth-order valence-electron chi connectivity index (χ4n) is 3.20. The predicted molar refractivity (Wildman–Crippen MR) is 112 cm³/mol. The molecule has 4 rings (SSSR count). The van der Waals surface area contributed by atoms with Crippen LogP contribution in [-0.2, 0) is 17.8 Å². The average molecular weight is 409 g/mol. The zero-order chi connectivity index (χ0) is 20.4. The van der Waals surface area contributed by atoms with Gasteiger partial charge in [0.15, 0.2) is 5.01 Å². The van der Waals surface area contributed by atoms with Crippen LogP contribution in [0.3, 0.4) is 0 Å². The standard InChI is InChI=1S/C21H20FN5OS/c1-3-18-23-16-10-6-7-11-17(16)27(18)12-13(2)19(28)24-21-26-25-20(29-21)14-8-4-5-9-15(14)22/h4-11,13H,3,12H2,1-2H3,(H,24,26,28)/t13-/m1/s1. The summed E-state index contributed by atoms with van der Waals surface area (Å²) in [7, 11) is 0. The fourth-order valence-corrected chi connectivity index (χ4v) is 3.98. The monoisotopic (exact) mass is 409 g/mol. The molecule has 6 nitrogen and oxygen atoms in total. The summed E-state index contributed by atoms with van der Waals surface area (Å²) in [6, 6.07) is 14.3. The number of amides is 1. The second-order valence-electron chi connectivity index (χ2n) is 6.76. The summed E-state index contributed by atoms with van der Waals surface area (Å²) in [6.07, 6.45) is 0.783. The highest BCUT2D eigenvalue weighted by molar-refractivity contribution is 7.18. The maximum absolute atomic E-state index is 13.9. The van der Waals surface area contributed by atoms with E-state index in [-0.39, 0.29) is 17.6 Å². The number of fused-ring (bicyclic) bond motifs is 1. The summed E-state index contributed by atoms with van der Waals surface area (Å²) in [4.78, 5) is 17.4. The molecule has 1 N–H and O–H groups in total. The van der Waals surface area contributed by atoms with Crippen LogP contribution in [0.1, 0.15) is 19.7 Å². The van der Waals surface area contributed by atoms with Crippen LogP contribution in [0.15, 0.2) is 48.5 Å². The van der Waals surface area contributed by atoms with Gasteiger partial charge < -0.3 is 9.88 Å². The van der Waals surface area contributed by atoms with Crippen LogP contribution in [0.5, 0.6) is 0 Å². The second kappa shape index (κ2) is 8.08. The van der Waals surface area contributed by atoms with Crippen molar-refractivity contribution in [2.45, 2.75) is 26.8 Å². The van der Waals surface area contributed by atoms with E-state index < -0.39 is 0 Å². The molecular formula is C21H20FN5OS. The van der Waals surface area contributed by atoms with Crippen LogP contribution in [0.2, 0.25) is 0 Å². The van der Waals surface area contributed by atoms with E-state index in [9.17, 15) is 9.18 Å². The number of imidazole rings is 1. The number of benzene rings is 2. The largest absolute Gasteiger partial charge is 0.327 e. The first-order valence-corrected chi connectivity index (χ1v) is 10.2. The molecule has 0 fully saturated rings. The summed E-state index contributed by atoms with van der Waals surface area (Å²) < 4.78 is 16.0. The number of aromatic nitrogens is 4. The Morgan fingerprint density at radius 1 is 1.17 bits per heavy atom. The second-order valence-corrected chi connectivity index (χ2v) is 7.74. The molecule has 0 aliphatic carbocycles. The predicted octanol–water partition coefficient (Wildman–Crippen LogP) is 4.53. The number of nitrogens with one attached hydrogen (secondary N) is 1. The van der Waals surface area contributed by atoms with Crippen molar-refractivity contribution in [3.05, 3.63) is 60.2 Å². The number of carbonyl (C=O) groups is 1. The van der Waals surface area contributed by atoms with Crippen molar-refractivity contribution in [2.75, 3.05) is 5.32 Å². The van der Waals surface area contributed by atoms with Gasteiger partial charge in [-0.3, -0.25) is 4.79 Å². The zero-order valence-electron chi connectivity index (χ0n) is 16.1. The lowest BCUT2D eigenvalue weighted by Crippen LogP contribution is -2.25. The molecule has 2 aromatic carbocycles. The van der Waals surface area contributed by atoms with Crippen LogP contribution in [0.4, 0.5) is 9.52 Å². The van der Waals surface area contributed by atoms with Gasteiger partial charge in [-0.05, 0) is 24.3 Å². The van der Waals surface area contributed by atoms with Crippen molar-refractivity contribution in [3.8, 4) is 10.6 Å². The fraction of sp³-hybridized carbons (Fsp3) is 0.238. The number of halogens is 1. The zero-order valence-corrected chi connectivity index (χ0v) is 16.9. The van der Waals surface area contributed by atoms with Crippen molar-refractivity contribution in [3.63, 3.8) is 0 Å². The third-order valence-corrected chi connectivity index (χ3v) is 5.59. The highest BCUT2D eigenvalue weighted by Gasteiger charge is 2.19. The molecule has 2 aromatic heterocycles. The minimum absolute atomic E-state index is 0.166. The van der Waals surface area contributed by atoms with Crippen molar-refractivity contribution < 1.29 is 9.18 Å². The average Bonchev–Trinajstić information content (AvgIpc) is 3.33. The first-order chi connectivity index (χ1) is 14.1. The first-order valence-electron chi connectivity index (χ1n) is 9.40. The van der Waals surface area contributed by atoms with Crippen molar-refractivity contribution in [2.24, 2.45) is 5.92 Å². The Balaban J connectivity index is 1.49. The summed E-state index contributed by atoms with van der Waals surface area (Å²) in [5, 5.41) is 11.6. The van der Waals surface area contributed by atoms with E-state index in [0.717, 1.165) is 34.6 Å². The van der Waals surface area contributed by atoms with Gasteiger partial charge in [-0.15, -0.1) is 10.2 Å². The highest BCUT2D eigenvalue weighted by Crippen LogP contribution is 2.28. The first kappa shape index (κ1) is 19.2. The molecule has 29 heavy (non-hydrogen) atoms. The van der Waals surface area contributed by atoms with E-state index in [1.807, 2.05) is 38.1 Å². The number of aryl methyl sites for hydroxylation is 1. The van der Waals surface area contributed by atoms with E-state index in [0.29, 0.717) is 22.2 Å². The van der Waals surface area contributed by atoms with Gasteiger partial charge in [-0.1, -0.05) is 49.4 Å². The van der Waals surface area contributed by atoms with E-state index in [1.165, 1.54) is 6.07 Å². The summed E-state index contributed by atoms with van der Waals surface area (Å²) in [5.41, 5.74) is 2.31. The molecule has 148 valence electrons. The molecule has 0 aliphatic heterocycles. The van der Waals surface area contributed by atoms with E-state index in [4.69, 9.17) is 0 Å². The lowest BCUT2D eigenvalue weighted by molar-refractivity contribution is -0.119. The quantitative estimate of drug-likeness (QED) is 0.508. The number of anilines is 1.